The number of hydrogen-bond donors (Lipinski definition) is 2. The van der Waals surface area contributed by atoms with Crippen LogP contribution in [0.3, 0.4) is 0 Å². The molecule has 0 radical (unpaired) electrons. The van der Waals surface area contributed by atoms with Crippen LogP contribution in [0.25, 0.3) is 11.1 Å². The maximum atomic E-state index is 16.1. The summed E-state index contributed by atoms with van der Waals surface area (Å²) in [6.45, 7) is 3.84. The van der Waals surface area contributed by atoms with Gasteiger partial charge in [0.05, 0.1) is 12.5 Å². The molecule has 7 atom stereocenters. The van der Waals surface area contributed by atoms with Crippen molar-refractivity contribution in [2.24, 2.45) is 29.1 Å². The minimum atomic E-state index is -0.963. The van der Waals surface area contributed by atoms with E-state index in [1.165, 1.54) is 43.2 Å². The van der Waals surface area contributed by atoms with Gasteiger partial charge >= 0.3 is 0 Å². The van der Waals surface area contributed by atoms with Gasteiger partial charge in [0.25, 0.3) is 0 Å². The van der Waals surface area contributed by atoms with E-state index in [1.807, 2.05) is 18.2 Å². The summed E-state index contributed by atoms with van der Waals surface area (Å²) in [5.74, 6) is 1.94. The Morgan fingerprint density at radius 1 is 0.880 bits per heavy atom. The van der Waals surface area contributed by atoms with E-state index in [1.54, 1.807) is 6.07 Å². The Kier molecular flexibility index (Phi) is 11.0. The van der Waals surface area contributed by atoms with Gasteiger partial charge in [-0.05, 0) is 120 Å². The van der Waals surface area contributed by atoms with Crippen LogP contribution in [-0.4, -0.2) is 46.4 Å². The SMILES string of the molecule is C[C@]12C[C@H](F)C3c4ccc(O)cc4C[C@@H](CCCCCCN(CC4CCCCC4)C(=O)Cc4ccc(-c5ccccc5)cc4)C3C1CC[C@@H]2O. The van der Waals surface area contributed by atoms with Crippen LogP contribution in [0.5, 0.6) is 5.75 Å². The Hall–Kier alpha value is -3.18. The highest BCUT2D eigenvalue weighted by atomic mass is 19.1. The number of unbranched alkanes of at least 4 members (excludes halogenated alkanes) is 3. The number of nitrogens with zero attached hydrogens (tertiary/aromatic N) is 1. The fourth-order valence-corrected chi connectivity index (χ4v) is 10.8. The summed E-state index contributed by atoms with van der Waals surface area (Å²) in [7, 11) is 0. The third-order valence-corrected chi connectivity index (χ3v) is 13.5. The molecule has 3 aromatic carbocycles. The third-order valence-electron chi connectivity index (χ3n) is 13.5. The number of carbonyl (C=O) groups excluding carboxylic acids is 1. The molecular formula is C45H58FNO3. The van der Waals surface area contributed by atoms with Crippen molar-refractivity contribution >= 4 is 5.91 Å². The molecule has 0 aromatic heterocycles. The maximum absolute atomic E-state index is 16.1. The van der Waals surface area contributed by atoms with Crippen molar-refractivity contribution in [3.05, 3.63) is 89.5 Å². The monoisotopic (exact) mass is 679 g/mol. The summed E-state index contributed by atoms with van der Waals surface area (Å²) in [5, 5.41) is 21.3. The number of rotatable bonds is 12. The highest BCUT2D eigenvalue weighted by Gasteiger charge is 2.59. The van der Waals surface area contributed by atoms with Gasteiger partial charge in [0.1, 0.15) is 11.9 Å². The third kappa shape index (κ3) is 7.54. The number of aromatic hydroxyl groups is 1. The van der Waals surface area contributed by atoms with Gasteiger partial charge in [0.2, 0.25) is 5.91 Å². The number of amides is 1. The number of phenols is 1. The van der Waals surface area contributed by atoms with E-state index in [-0.39, 0.29) is 28.9 Å². The van der Waals surface area contributed by atoms with Gasteiger partial charge in [0.15, 0.2) is 0 Å². The van der Waals surface area contributed by atoms with Gasteiger partial charge in [0, 0.05) is 19.0 Å². The first-order valence-corrected chi connectivity index (χ1v) is 19.9. The topological polar surface area (TPSA) is 60.8 Å². The summed E-state index contributed by atoms with van der Waals surface area (Å²) in [5.41, 5.74) is 5.31. The molecule has 1 amide bonds. The van der Waals surface area contributed by atoms with Crippen LogP contribution in [0, 0.1) is 29.1 Å². The second-order valence-corrected chi connectivity index (χ2v) is 16.7. The summed E-state index contributed by atoms with van der Waals surface area (Å²) in [6.07, 6.45) is 13.9. The molecule has 3 unspecified atom stereocenters. The molecule has 3 saturated carbocycles. The van der Waals surface area contributed by atoms with Gasteiger partial charge in [-0.2, -0.15) is 0 Å². The molecule has 4 nitrogen and oxygen atoms in total. The average molecular weight is 680 g/mol. The Morgan fingerprint density at radius 2 is 1.62 bits per heavy atom. The highest BCUT2D eigenvalue weighted by molar-refractivity contribution is 5.79. The predicted molar refractivity (Wildman–Crippen MR) is 200 cm³/mol. The van der Waals surface area contributed by atoms with E-state index < -0.39 is 12.3 Å². The molecule has 0 saturated heterocycles. The molecule has 5 heteroatoms. The van der Waals surface area contributed by atoms with Crippen LogP contribution in [0.2, 0.25) is 0 Å². The van der Waals surface area contributed by atoms with E-state index >= 15 is 4.39 Å². The number of carbonyl (C=O) groups is 1. The van der Waals surface area contributed by atoms with Crippen molar-refractivity contribution in [1.29, 1.82) is 0 Å². The normalized spacial score (nSPS) is 29.2. The molecule has 7 rings (SSSR count). The number of alkyl halides is 1. The van der Waals surface area contributed by atoms with Crippen molar-refractivity contribution < 1.29 is 19.4 Å². The van der Waals surface area contributed by atoms with Crippen LogP contribution < -0.4 is 0 Å². The van der Waals surface area contributed by atoms with Crippen LogP contribution in [0.15, 0.2) is 72.8 Å². The molecule has 0 spiro atoms. The van der Waals surface area contributed by atoms with E-state index in [0.29, 0.717) is 30.6 Å². The zero-order valence-corrected chi connectivity index (χ0v) is 30.1. The Balaban J connectivity index is 0.955. The summed E-state index contributed by atoms with van der Waals surface area (Å²) >= 11 is 0. The van der Waals surface area contributed by atoms with Crippen molar-refractivity contribution in [2.75, 3.05) is 13.1 Å². The van der Waals surface area contributed by atoms with E-state index in [4.69, 9.17) is 0 Å². The first-order chi connectivity index (χ1) is 24.3. The Bertz CT molecular complexity index is 1570. The molecule has 3 fully saturated rings. The van der Waals surface area contributed by atoms with Crippen LogP contribution in [0.4, 0.5) is 4.39 Å². The zero-order valence-electron chi connectivity index (χ0n) is 30.1. The predicted octanol–water partition coefficient (Wildman–Crippen LogP) is 10.1. The van der Waals surface area contributed by atoms with Crippen LogP contribution in [-0.2, 0) is 17.6 Å². The number of aliphatic hydroxyl groups is 1. The minimum Gasteiger partial charge on any atom is -0.508 e. The van der Waals surface area contributed by atoms with Crippen LogP contribution >= 0.6 is 0 Å². The molecule has 2 N–H and O–H groups in total. The fraction of sp³-hybridized carbons (Fsp3) is 0.578. The van der Waals surface area contributed by atoms with Crippen molar-refractivity contribution in [1.82, 2.24) is 4.90 Å². The summed E-state index contributed by atoms with van der Waals surface area (Å²) in [4.78, 5) is 15.9. The lowest BCUT2D eigenvalue weighted by Crippen LogP contribution is -2.51. The van der Waals surface area contributed by atoms with Gasteiger partial charge in [-0.1, -0.05) is 106 Å². The number of fused-ring (bicyclic) bond motifs is 5. The van der Waals surface area contributed by atoms with Crippen molar-refractivity contribution in [2.45, 2.75) is 121 Å². The molecule has 268 valence electrons. The van der Waals surface area contributed by atoms with E-state index in [0.717, 1.165) is 81.1 Å². The zero-order chi connectivity index (χ0) is 34.7. The number of phenolic OH excluding ortho intramolecular Hbond substituents is 1. The van der Waals surface area contributed by atoms with Gasteiger partial charge in [-0.3, -0.25) is 4.79 Å². The second kappa shape index (κ2) is 15.6. The average Bonchev–Trinajstić information content (AvgIpc) is 3.42. The lowest BCUT2D eigenvalue weighted by Gasteiger charge is -2.54. The first kappa shape index (κ1) is 35.2. The molecule has 4 aliphatic rings. The van der Waals surface area contributed by atoms with E-state index in [2.05, 4.69) is 60.4 Å². The molecule has 0 aliphatic heterocycles. The standard InChI is InChI=1S/C45H58FNO3/c1-45-29-40(46)44-38-22-21-37(48)28-36(38)27-35(43(44)39(45)23-24-41(45)49)16-8-2-3-11-25-47(30-32-12-6-4-7-13-32)42(50)26-31-17-19-34(20-18-31)33-14-9-5-10-15-33/h5,9-10,14-15,17-22,28,32,35,39-41,43-44,48-49H,2-4,6-8,11-13,16,23-27,29-30H2,1H3/t35-,39?,40+,41+,43?,44?,45+/m1/s1. The van der Waals surface area contributed by atoms with Crippen molar-refractivity contribution in [3.8, 4) is 16.9 Å². The molecule has 3 aromatic rings. The lowest BCUT2D eigenvalue weighted by molar-refractivity contribution is -0.131. The molecule has 0 bridgehead atoms. The fourth-order valence-electron chi connectivity index (χ4n) is 10.8. The number of hydrogen-bond acceptors (Lipinski definition) is 3. The Labute approximate surface area is 299 Å². The minimum absolute atomic E-state index is 0.137. The smallest absolute Gasteiger partial charge is 0.226 e. The number of halogens is 1. The number of benzene rings is 3. The molecule has 0 heterocycles. The highest BCUT2D eigenvalue weighted by Crippen LogP contribution is 2.63. The summed E-state index contributed by atoms with van der Waals surface area (Å²) < 4.78 is 16.1. The largest absolute Gasteiger partial charge is 0.508 e. The van der Waals surface area contributed by atoms with Crippen LogP contribution in [0.1, 0.15) is 113 Å². The number of aliphatic hydroxyl groups excluding tert-OH is 1. The summed E-state index contributed by atoms with van der Waals surface area (Å²) in [6, 6.07) is 24.4. The quantitative estimate of drug-likeness (QED) is 0.187. The lowest BCUT2D eigenvalue weighted by atomic mass is 9.51. The Morgan fingerprint density at radius 3 is 2.40 bits per heavy atom. The first-order valence-electron chi connectivity index (χ1n) is 19.9. The van der Waals surface area contributed by atoms with E-state index in [9.17, 15) is 15.0 Å². The molecule has 50 heavy (non-hydrogen) atoms. The van der Waals surface area contributed by atoms with Gasteiger partial charge < -0.3 is 15.1 Å². The molecule has 4 aliphatic carbocycles. The maximum Gasteiger partial charge on any atom is 0.226 e. The van der Waals surface area contributed by atoms with Crippen molar-refractivity contribution in [3.63, 3.8) is 0 Å². The second-order valence-electron chi connectivity index (χ2n) is 16.7. The van der Waals surface area contributed by atoms with Gasteiger partial charge in [-0.25, -0.2) is 4.39 Å². The van der Waals surface area contributed by atoms with Gasteiger partial charge in [-0.15, -0.1) is 0 Å². The molecular weight excluding hydrogens is 621 g/mol.